The van der Waals surface area contributed by atoms with Crippen LogP contribution >= 0.6 is 0 Å². The molecular formula is C3H7NZn. The molecule has 0 unspecified atom stereocenters. The van der Waals surface area contributed by atoms with Gasteiger partial charge in [-0.05, 0) is 0 Å². The average molecular weight is 122 g/mol. The second kappa shape index (κ2) is 32.2. The van der Waals surface area contributed by atoms with Gasteiger partial charge < -0.3 is 0 Å². The SMILES string of the molecule is C#N.[CH3][Zn][CH3]. The Bertz CT molecular complexity index is 18.1. The summed E-state index contributed by atoms with van der Waals surface area (Å²) in [5.41, 5.74) is 4.62. The van der Waals surface area contributed by atoms with Gasteiger partial charge in [-0.3, -0.25) is 0 Å². The van der Waals surface area contributed by atoms with Gasteiger partial charge in [0.2, 0.25) is 0 Å². The Hall–Kier alpha value is 0.113. The van der Waals surface area contributed by atoms with E-state index in [1.807, 2.05) is 0 Å². The van der Waals surface area contributed by atoms with Crippen molar-refractivity contribution in [1.82, 2.24) is 0 Å². The number of rotatable bonds is 0. The third-order valence-corrected chi connectivity index (χ3v) is 0. The Labute approximate surface area is 40.6 Å². The molecule has 0 amide bonds. The molecule has 0 N–H and O–H groups in total. The minimum atomic E-state index is 0.125. The molecule has 0 aliphatic heterocycles. The molecule has 0 spiro atoms. The van der Waals surface area contributed by atoms with E-state index in [0.29, 0.717) is 0 Å². The first-order valence-corrected chi connectivity index (χ1v) is 7.61. The zero-order valence-corrected chi connectivity index (χ0v) is 6.70. The van der Waals surface area contributed by atoms with Crippen molar-refractivity contribution >= 4 is 0 Å². The molecule has 2 heteroatoms. The first-order chi connectivity index (χ1) is 2.41. The fourth-order valence-electron chi connectivity index (χ4n) is 0. The fourth-order valence-corrected chi connectivity index (χ4v) is 0. The van der Waals surface area contributed by atoms with Crippen LogP contribution in [0, 0.1) is 11.8 Å². The molecule has 0 aliphatic carbocycles. The molecule has 0 atom stereocenters. The van der Waals surface area contributed by atoms with Crippen molar-refractivity contribution < 1.29 is 17.1 Å². The zero-order chi connectivity index (χ0) is 4.71. The molecule has 0 saturated heterocycles. The van der Waals surface area contributed by atoms with Gasteiger partial charge in [0.15, 0.2) is 0 Å². The Kier molecular flexibility index (Phi) is 57.4. The standard InChI is InChI=1S/CHN.2CH3.Zn/c1-2;;;/h1H;2*1H3;. The van der Waals surface area contributed by atoms with Crippen LogP contribution in [-0.4, -0.2) is 0 Å². The summed E-state index contributed by atoms with van der Waals surface area (Å²) in [6.45, 7) is 3.50. The van der Waals surface area contributed by atoms with E-state index in [0.717, 1.165) is 0 Å². The molecule has 0 aromatic heterocycles. The molecule has 0 aromatic rings. The first-order valence-electron chi connectivity index (χ1n) is 1.67. The summed E-state index contributed by atoms with van der Waals surface area (Å²) in [4.78, 5) is 0. The summed E-state index contributed by atoms with van der Waals surface area (Å²) in [7, 11) is 0. The molecule has 0 bridgehead atoms. The Morgan fingerprint density at radius 2 is 1.40 bits per heavy atom. The van der Waals surface area contributed by atoms with Crippen LogP contribution in [0.5, 0.6) is 0 Å². The van der Waals surface area contributed by atoms with E-state index >= 15 is 0 Å². The molecule has 0 aromatic carbocycles. The summed E-state index contributed by atoms with van der Waals surface area (Å²) < 4.78 is 0. The van der Waals surface area contributed by atoms with E-state index < -0.39 is 0 Å². The summed E-state index contributed by atoms with van der Waals surface area (Å²) in [6.07, 6.45) is 0. The van der Waals surface area contributed by atoms with E-state index in [1.165, 1.54) is 0 Å². The van der Waals surface area contributed by atoms with Crippen molar-refractivity contribution in [2.75, 3.05) is 0 Å². The van der Waals surface area contributed by atoms with E-state index in [1.54, 1.807) is 0 Å². The second-order valence-corrected chi connectivity index (χ2v) is 3.67. The molecular weight excluding hydrogens is 115 g/mol. The molecule has 1 nitrogen and oxygen atoms in total. The summed E-state index contributed by atoms with van der Waals surface area (Å²) in [6, 6.07) is 0. The quantitative estimate of drug-likeness (QED) is 0.445. The first kappa shape index (κ1) is 8.93. The van der Waals surface area contributed by atoms with Gasteiger partial charge in [0.1, 0.15) is 0 Å². The predicted octanol–water partition coefficient (Wildman–Crippen LogP) is 1.30. The number of hydrogen-bond acceptors (Lipinski definition) is 1. The fraction of sp³-hybridized carbons (Fsp3) is 0.667. The van der Waals surface area contributed by atoms with Gasteiger partial charge in [-0.25, -0.2) is 5.26 Å². The third-order valence-electron chi connectivity index (χ3n) is 0. The normalized spacial score (nSPS) is 2.40. The molecule has 0 radical (unpaired) electrons. The van der Waals surface area contributed by atoms with Crippen LogP contribution in [-0.2, 0) is 17.1 Å². The summed E-state index contributed by atoms with van der Waals surface area (Å²) in [5.74, 6) is 0. The zero-order valence-electron chi connectivity index (χ0n) is 3.73. The van der Waals surface area contributed by atoms with E-state index in [2.05, 4.69) is 17.6 Å². The Morgan fingerprint density at radius 3 is 1.40 bits per heavy atom. The van der Waals surface area contributed by atoms with Gasteiger partial charge in [-0.15, -0.1) is 0 Å². The maximum absolute atomic E-state index is 6.50. The molecule has 0 saturated carbocycles. The maximum atomic E-state index is 6.50. The van der Waals surface area contributed by atoms with Crippen LogP contribution in [0.3, 0.4) is 0 Å². The van der Waals surface area contributed by atoms with Crippen LogP contribution < -0.4 is 0 Å². The van der Waals surface area contributed by atoms with Crippen molar-refractivity contribution in [1.29, 1.82) is 5.26 Å². The summed E-state index contributed by atoms with van der Waals surface area (Å²) in [5, 5.41) is 6.50. The molecule has 0 heterocycles. The van der Waals surface area contributed by atoms with E-state index in [9.17, 15) is 0 Å². The van der Waals surface area contributed by atoms with Crippen LogP contribution in [0.25, 0.3) is 0 Å². The Morgan fingerprint density at radius 1 is 1.40 bits per heavy atom. The molecule has 0 rings (SSSR count). The van der Waals surface area contributed by atoms with Gasteiger partial charge >= 0.3 is 28.2 Å². The summed E-state index contributed by atoms with van der Waals surface area (Å²) >= 11 is 0.125. The molecule has 0 aliphatic rings. The van der Waals surface area contributed by atoms with E-state index in [-0.39, 0.29) is 17.1 Å². The predicted molar refractivity (Wildman–Crippen MR) is 18.4 cm³/mol. The number of nitrogens with zero attached hydrogens (tertiary/aromatic N) is 1. The third kappa shape index (κ3) is 1430. The number of hydrogen-bond donors (Lipinski definition) is 0. The van der Waals surface area contributed by atoms with Gasteiger partial charge in [-0.2, -0.15) is 0 Å². The molecule has 5 heavy (non-hydrogen) atoms. The van der Waals surface area contributed by atoms with Crippen molar-refractivity contribution in [3.63, 3.8) is 0 Å². The number of nitriles is 1. The van der Waals surface area contributed by atoms with Crippen molar-refractivity contribution in [3.8, 4) is 6.57 Å². The topological polar surface area (TPSA) is 23.8 Å². The van der Waals surface area contributed by atoms with Gasteiger partial charge in [0.25, 0.3) is 0 Å². The van der Waals surface area contributed by atoms with Crippen molar-refractivity contribution in [2.24, 2.45) is 0 Å². The van der Waals surface area contributed by atoms with Crippen molar-refractivity contribution in [2.45, 2.75) is 11.0 Å². The molecule has 26 valence electrons. The van der Waals surface area contributed by atoms with Gasteiger partial charge in [0.05, 0.1) is 0 Å². The Balaban J connectivity index is 0. The monoisotopic (exact) mass is 121 g/mol. The van der Waals surface area contributed by atoms with Crippen LogP contribution in [0.15, 0.2) is 0 Å². The average Bonchev–Trinajstić information content (AvgIpc) is 1.46. The van der Waals surface area contributed by atoms with Gasteiger partial charge in [-0.1, -0.05) is 0 Å². The minimum absolute atomic E-state index is 0.125. The van der Waals surface area contributed by atoms with Gasteiger partial charge in [0, 0.05) is 6.57 Å². The van der Waals surface area contributed by atoms with Crippen LogP contribution in [0.4, 0.5) is 0 Å². The second-order valence-electron chi connectivity index (χ2n) is 0.707. The van der Waals surface area contributed by atoms with Crippen LogP contribution in [0.1, 0.15) is 0 Å². The van der Waals surface area contributed by atoms with E-state index in [4.69, 9.17) is 5.26 Å². The molecule has 0 fully saturated rings. The van der Waals surface area contributed by atoms with Crippen molar-refractivity contribution in [3.05, 3.63) is 0 Å². The van der Waals surface area contributed by atoms with Crippen LogP contribution in [0.2, 0.25) is 11.0 Å².